The Labute approximate surface area is 214 Å². The van der Waals surface area contributed by atoms with Gasteiger partial charge in [0.1, 0.15) is 5.70 Å². The van der Waals surface area contributed by atoms with E-state index in [4.69, 9.17) is 4.74 Å². The molecular formula is C28H28N2O5S. The van der Waals surface area contributed by atoms with Crippen LogP contribution in [0.5, 0.6) is 0 Å². The van der Waals surface area contributed by atoms with E-state index in [0.717, 1.165) is 33.7 Å². The van der Waals surface area contributed by atoms with Crippen LogP contribution in [0, 0.1) is 11.8 Å². The van der Waals surface area contributed by atoms with E-state index in [9.17, 15) is 19.8 Å². The second-order valence-electron chi connectivity index (χ2n) is 9.75. The summed E-state index contributed by atoms with van der Waals surface area (Å²) in [4.78, 5) is 28.4. The van der Waals surface area contributed by atoms with Gasteiger partial charge in [-0.2, -0.15) is 0 Å². The summed E-state index contributed by atoms with van der Waals surface area (Å²) in [6, 6.07) is 14.2. The maximum atomic E-state index is 12.9. The summed E-state index contributed by atoms with van der Waals surface area (Å²) in [7, 11) is 1.33. The highest BCUT2D eigenvalue weighted by Crippen LogP contribution is 2.56. The molecule has 0 spiro atoms. The molecule has 186 valence electrons. The van der Waals surface area contributed by atoms with Gasteiger partial charge in [0.2, 0.25) is 5.91 Å². The van der Waals surface area contributed by atoms with Crippen LogP contribution in [0.3, 0.4) is 0 Å². The molecule has 8 heteroatoms. The van der Waals surface area contributed by atoms with E-state index in [-0.39, 0.29) is 24.5 Å². The van der Waals surface area contributed by atoms with Crippen molar-refractivity contribution < 1.29 is 24.5 Å². The molecule has 1 fully saturated rings. The van der Waals surface area contributed by atoms with Crippen molar-refractivity contribution in [1.82, 2.24) is 9.21 Å². The van der Waals surface area contributed by atoms with E-state index in [1.807, 2.05) is 18.2 Å². The molecule has 0 radical (unpaired) electrons. The van der Waals surface area contributed by atoms with Crippen LogP contribution in [0.2, 0.25) is 0 Å². The van der Waals surface area contributed by atoms with Crippen molar-refractivity contribution >= 4 is 29.5 Å². The maximum absolute atomic E-state index is 12.9. The SMILES string of the molecule is COC(=O)C1=C2CN3Sc4ccc(CCO)c(Cc5ccccc5)c4C3=C[C@@H]2C2[C@@H]([C@@H](C)O)C(=O)N12. The van der Waals surface area contributed by atoms with Gasteiger partial charge in [0.05, 0.1) is 37.4 Å². The average Bonchev–Trinajstić information content (AvgIpc) is 3.37. The van der Waals surface area contributed by atoms with E-state index in [0.29, 0.717) is 18.7 Å². The first kappa shape index (κ1) is 23.3. The monoisotopic (exact) mass is 504 g/mol. The molecule has 1 amide bonds. The first-order valence-electron chi connectivity index (χ1n) is 12.2. The lowest BCUT2D eigenvalue weighted by molar-refractivity contribution is -0.163. The lowest BCUT2D eigenvalue weighted by Gasteiger charge is -2.47. The standard InChI is InChI=1S/C28H28N2O5S/c1-15(32)23-25-19-13-21-24-18(12-16-6-4-3-5-7-16)17(10-11-31)8-9-22(24)36-29(21)14-20(19)26(28(34)35-2)30(25)27(23)33/h3-9,13,15,19,23,25,31-32H,10-12,14H2,1-2H3/t15-,19+,23-,25?/m1/s1. The third-order valence-electron chi connectivity index (χ3n) is 7.76. The minimum atomic E-state index is -0.802. The van der Waals surface area contributed by atoms with Crippen molar-refractivity contribution in [1.29, 1.82) is 0 Å². The summed E-state index contributed by atoms with van der Waals surface area (Å²) in [5, 5.41) is 20.1. The van der Waals surface area contributed by atoms with Crippen molar-refractivity contribution in [2.75, 3.05) is 20.3 Å². The minimum absolute atomic E-state index is 0.0731. The molecule has 4 atom stereocenters. The molecule has 7 nitrogen and oxygen atoms in total. The largest absolute Gasteiger partial charge is 0.464 e. The number of nitrogens with zero attached hydrogens (tertiary/aromatic N) is 2. The van der Waals surface area contributed by atoms with Gasteiger partial charge < -0.3 is 24.2 Å². The lowest BCUT2D eigenvalue weighted by atomic mass is 9.75. The lowest BCUT2D eigenvalue weighted by Crippen LogP contribution is -2.63. The van der Waals surface area contributed by atoms with Crippen LogP contribution in [-0.2, 0) is 27.2 Å². The summed E-state index contributed by atoms with van der Waals surface area (Å²) in [5.41, 5.74) is 6.94. The van der Waals surface area contributed by atoms with E-state index in [1.54, 1.807) is 23.8 Å². The predicted octanol–water partition coefficient (Wildman–Crippen LogP) is 2.75. The fraction of sp³-hybridized carbons (Fsp3) is 0.357. The van der Waals surface area contributed by atoms with Crippen LogP contribution < -0.4 is 0 Å². The Balaban J connectivity index is 1.48. The summed E-state index contributed by atoms with van der Waals surface area (Å²) in [6.45, 7) is 2.20. The number of fused-ring (bicyclic) bond motifs is 6. The highest BCUT2D eigenvalue weighted by atomic mass is 32.2. The molecule has 36 heavy (non-hydrogen) atoms. The van der Waals surface area contributed by atoms with Crippen LogP contribution in [0.15, 0.2) is 64.7 Å². The minimum Gasteiger partial charge on any atom is -0.464 e. The highest BCUT2D eigenvalue weighted by molar-refractivity contribution is 7.97. The highest BCUT2D eigenvalue weighted by Gasteiger charge is 2.62. The topological polar surface area (TPSA) is 90.3 Å². The third-order valence-corrected chi connectivity index (χ3v) is 8.85. The molecule has 2 aromatic rings. The Morgan fingerprint density at radius 1 is 1.22 bits per heavy atom. The number of esters is 1. The Bertz CT molecular complexity index is 1320. The van der Waals surface area contributed by atoms with E-state index < -0.39 is 18.0 Å². The number of amides is 1. The van der Waals surface area contributed by atoms with Crippen LogP contribution >= 0.6 is 11.9 Å². The Morgan fingerprint density at radius 3 is 2.69 bits per heavy atom. The van der Waals surface area contributed by atoms with Gasteiger partial charge in [0.25, 0.3) is 0 Å². The molecule has 4 aliphatic heterocycles. The van der Waals surface area contributed by atoms with Gasteiger partial charge in [-0.1, -0.05) is 42.5 Å². The fourth-order valence-electron chi connectivity index (χ4n) is 6.18. The summed E-state index contributed by atoms with van der Waals surface area (Å²) in [5.74, 6) is -1.45. The van der Waals surface area contributed by atoms with Crippen molar-refractivity contribution in [2.45, 2.75) is 36.8 Å². The Kier molecular flexibility index (Phi) is 5.70. The number of hydrogen-bond acceptors (Lipinski definition) is 7. The van der Waals surface area contributed by atoms with Gasteiger partial charge in [-0.05, 0) is 60.0 Å². The summed E-state index contributed by atoms with van der Waals surface area (Å²) in [6.07, 6.45) is 2.69. The summed E-state index contributed by atoms with van der Waals surface area (Å²) < 4.78 is 7.24. The number of carbonyl (C=O) groups is 2. The van der Waals surface area contributed by atoms with Crippen LogP contribution in [0.4, 0.5) is 0 Å². The fourth-order valence-corrected chi connectivity index (χ4v) is 7.32. The maximum Gasteiger partial charge on any atom is 0.354 e. The second kappa shape index (κ2) is 8.80. The average molecular weight is 505 g/mol. The molecule has 6 rings (SSSR count). The first-order valence-corrected chi connectivity index (χ1v) is 13.0. The molecule has 4 aliphatic rings. The zero-order valence-corrected chi connectivity index (χ0v) is 21.0. The van der Waals surface area contributed by atoms with Gasteiger partial charge >= 0.3 is 5.97 Å². The molecule has 2 N–H and O–H groups in total. The number of aliphatic hydroxyl groups excluding tert-OH is 2. The molecule has 0 aromatic heterocycles. The van der Waals surface area contributed by atoms with Crippen molar-refractivity contribution in [3.63, 3.8) is 0 Å². The quantitative estimate of drug-likeness (QED) is 0.355. The van der Waals surface area contributed by atoms with Crippen molar-refractivity contribution in [2.24, 2.45) is 11.8 Å². The van der Waals surface area contributed by atoms with Crippen LogP contribution in [-0.4, -0.2) is 63.7 Å². The van der Waals surface area contributed by atoms with Gasteiger partial charge in [0.15, 0.2) is 0 Å². The van der Waals surface area contributed by atoms with Gasteiger partial charge in [-0.25, -0.2) is 4.79 Å². The number of β-lactam (4-membered cyclic amide) rings is 1. The molecular weight excluding hydrogens is 476 g/mol. The second-order valence-corrected chi connectivity index (χ2v) is 10.8. The summed E-state index contributed by atoms with van der Waals surface area (Å²) >= 11 is 1.64. The van der Waals surface area contributed by atoms with Crippen LogP contribution in [0.1, 0.15) is 29.2 Å². The van der Waals surface area contributed by atoms with E-state index in [1.165, 1.54) is 18.2 Å². The Hall–Kier alpha value is -3.07. The smallest absolute Gasteiger partial charge is 0.354 e. The van der Waals surface area contributed by atoms with Gasteiger partial charge in [-0.3, -0.25) is 4.79 Å². The number of ether oxygens (including phenoxy) is 1. The van der Waals surface area contributed by atoms with Gasteiger partial charge in [-0.15, -0.1) is 0 Å². The number of carbonyl (C=O) groups excluding carboxylic acids is 2. The zero-order valence-electron chi connectivity index (χ0n) is 20.2. The molecule has 1 saturated heterocycles. The Morgan fingerprint density at radius 2 is 2.00 bits per heavy atom. The number of rotatable bonds is 6. The first-order chi connectivity index (χ1) is 17.4. The molecule has 1 unspecified atom stereocenters. The normalized spacial score (nSPS) is 24.5. The number of methoxy groups -OCH3 is 1. The zero-order chi connectivity index (χ0) is 25.1. The number of hydrogen-bond donors (Lipinski definition) is 2. The van der Waals surface area contributed by atoms with Crippen molar-refractivity contribution in [3.05, 3.63) is 82.1 Å². The number of aliphatic hydroxyl groups is 2. The molecule has 4 heterocycles. The molecule has 0 aliphatic carbocycles. The van der Waals surface area contributed by atoms with E-state index in [2.05, 4.69) is 34.6 Å². The molecule has 2 aromatic carbocycles. The molecule has 0 saturated carbocycles. The third kappa shape index (κ3) is 3.35. The van der Waals surface area contributed by atoms with Crippen molar-refractivity contribution in [3.8, 4) is 0 Å². The predicted molar refractivity (Wildman–Crippen MR) is 135 cm³/mol. The van der Waals surface area contributed by atoms with E-state index >= 15 is 0 Å². The number of benzene rings is 2. The van der Waals surface area contributed by atoms with Crippen LogP contribution in [0.25, 0.3) is 5.70 Å². The molecule has 0 bridgehead atoms. The van der Waals surface area contributed by atoms with Gasteiger partial charge in [0, 0.05) is 23.0 Å².